The van der Waals surface area contributed by atoms with Crippen molar-refractivity contribution >= 4 is 36.7 Å². The van der Waals surface area contributed by atoms with Crippen molar-refractivity contribution in [3.8, 4) is 22.8 Å². The molecule has 7 nitrogen and oxygen atoms in total. The van der Waals surface area contributed by atoms with Gasteiger partial charge in [-0.2, -0.15) is 0 Å². The molecule has 2 aromatic heterocycles. The van der Waals surface area contributed by atoms with Gasteiger partial charge in [0.25, 0.3) is 0 Å². The number of hydrogen-bond acceptors (Lipinski definition) is 6. The Bertz CT molecular complexity index is 1170. The van der Waals surface area contributed by atoms with Crippen LogP contribution < -0.4 is 10.8 Å². The van der Waals surface area contributed by atoms with Crippen LogP contribution in [0.3, 0.4) is 0 Å². The number of phenolic OH excluding ortho intramolecular Hbond substituents is 1. The van der Waals surface area contributed by atoms with Gasteiger partial charge in [0, 0.05) is 29.3 Å². The van der Waals surface area contributed by atoms with Crippen molar-refractivity contribution in [2.45, 2.75) is 5.16 Å². The van der Waals surface area contributed by atoms with E-state index in [2.05, 4.69) is 20.5 Å². The summed E-state index contributed by atoms with van der Waals surface area (Å²) in [6.07, 6.45) is 3.35. The minimum Gasteiger partial charge on any atom is -0.508 e. The first-order valence-electron chi connectivity index (χ1n) is 9.04. The van der Waals surface area contributed by atoms with Crippen LogP contribution in [0.2, 0.25) is 0 Å². The summed E-state index contributed by atoms with van der Waals surface area (Å²) in [5.41, 5.74) is 2.67. The van der Waals surface area contributed by atoms with Crippen molar-refractivity contribution in [2.75, 3.05) is 11.1 Å². The fraction of sp³-hybridized carbons (Fsp3) is 0.0476. The first-order valence-corrected chi connectivity index (χ1v) is 10.0. The summed E-state index contributed by atoms with van der Waals surface area (Å²) in [7, 11) is 5.88. The molecule has 2 heterocycles. The predicted molar refractivity (Wildman–Crippen MR) is 117 cm³/mol. The fourth-order valence-corrected chi connectivity index (χ4v) is 3.56. The number of hydrogen-bond donors (Lipinski definition) is 2. The maximum atomic E-state index is 12.4. The third kappa shape index (κ3) is 4.36. The molecule has 0 saturated carbocycles. The van der Waals surface area contributed by atoms with E-state index < -0.39 is 0 Å². The van der Waals surface area contributed by atoms with Crippen molar-refractivity contribution < 1.29 is 9.90 Å². The smallest absolute Gasteiger partial charge is 0.234 e. The van der Waals surface area contributed by atoms with E-state index in [9.17, 15) is 9.90 Å². The molecule has 0 aliphatic carbocycles. The summed E-state index contributed by atoms with van der Waals surface area (Å²) < 4.78 is 1.84. The summed E-state index contributed by atoms with van der Waals surface area (Å²) in [4.78, 5) is 16.5. The van der Waals surface area contributed by atoms with Crippen LogP contribution in [0.1, 0.15) is 0 Å². The number of aromatic hydroxyl groups is 1. The molecule has 30 heavy (non-hydrogen) atoms. The minimum absolute atomic E-state index is 0.126. The van der Waals surface area contributed by atoms with Crippen LogP contribution >= 0.6 is 11.8 Å². The number of amides is 1. The lowest BCUT2D eigenvalue weighted by Crippen LogP contribution is -2.20. The zero-order chi connectivity index (χ0) is 20.9. The summed E-state index contributed by atoms with van der Waals surface area (Å²) in [5, 5.41) is 21.6. The number of phenols is 1. The van der Waals surface area contributed by atoms with Gasteiger partial charge in [-0.3, -0.25) is 14.3 Å². The van der Waals surface area contributed by atoms with Crippen molar-refractivity contribution in [1.82, 2.24) is 19.7 Å². The van der Waals surface area contributed by atoms with E-state index in [1.807, 2.05) is 22.8 Å². The van der Waals surface area contributed by atoms with Crippen LogP contribution in [-0.4, -0.2) is 44.4 Å². The molecule has 0 unspecified atom stereocenters. The molecule has 4 aromatic rings. The van der Waals surface area contributed by atoms with Crippen LogP contribution in [0.4, 0.5) is 5.69 Å². The van der Waals surface area contributed by atoms with Gasteiger partial charge in [-0.1, -0.05) is 35.4 Å². The number of nitrogens with one attached hydrogen (secondary N) is 1. The maximum absolute atomic E-state index is 12.4. The Morgan fingerprint density at radius 3 is 2.50 bits per heavy atom. The zero-order valence-corrected chi connectivity index (χ0v) is 16.6. The number of benzene rings is 2. The number of anilines is 1. The number of carbonyl (C=O) groups excluding carboxylic acids is 1. The van der Waals surface area contributed by atoms with Gasteiger partial charge in [0.15, 0.2) is 11.0 Å². The first-order chi connectivity index (χ1) is 14.6. The molecule has 0 saturated heterocycles. The Labute approximate surface area is 178 Å². The highest BCUT2D eigenvalue weighted by Crippen LogP contribution is 2.28. The van der Waals surface area contributed by atoms with Gasteiger partial charge in [0.1, 0.15) is 13.6 Å². The lowest BCUT2D eigenvalue weighted by molar-refractivity contribution is -0.113. The number of aromatic nitrogens is 4. The van der Waals surface area contributed by atoms with Crippen LogP contribution in [0, 0.1) is 0 Å². The largest absolute Gasteiger partial charge is 0.508 e. The second kappa shape index (κ2) is 8.83. The van der Waals surface area contributed by atoms with Crippen molar-refractivity contribution in [1.29, 1.82) is 0 Å². The number of rotatable bonds is 6. The summed E-state index contributed by atoms with van der Waals surface area (Å²) in [6, 6.07) is 17.5. The molecule has 1 amide bonds. The standard InChI is InChI=1S/C21H16BN5O2S/c22-17-3-1-2-4-18(17)24-19(29)13-30-21-26-25-20(14-9-11-23-12-10-14)27(21)15-5-7-16(28)8-6-15/h1-12,28H,13H2,(H,24,29). The van der Waals surface area contributed by atoms with Crippen molar-refractivity contribution in [2.24, 2.45) is 0 Å². The summed E-state index contributed by atoms with van der Waals surface area (Å²) in [6.45, 7) is 0. The fourth-order valence-electron chi connectivity index (χ4n) is 2.81. The second-order valence-corrected chi connectivity index (χ2v) is 7.26. The van der Waals surface area contributed by atoms with Crippen molar-refractivity contribution in [3.63, 3.8) is 0 Å². The third-order valence-electron chi connectivity index (χ3n) is 4.25. The van der Waals surface area contributed by atoms with E-state index in [1.54, 1.807) is 54.9 Å². The quantitative estimate of drug-likeness (QED) is 0.373. The van der Waals surface area contributed by atoms with Gasteiger partial charge in [-0.25, -0.2) is 0 Å². The minimum atomic E-state index is -0.205. The second-order valence-electron chi connectivity index (χ2n) is 6.32. The molecule has 0 atom stereocenters. The molecule has 0 fully saturated rings. The molecule has 4 rings (SSSR count). The van der Waals surface area contributed by atoms with Gasteiger partial charge >= 0.3 is 0 Å². The Kier molecular flexibility index (Phi) is 5.81. The molecule has 2 N–H and O–H groups in total. The molecule has 2 radical (unpaired) electrons. The average Bonchev–Trinajstić information content (AvgIpc) is 3.19. The van der Waals surface area contributed by atoms with E-state index in [-0.39, 0.29) is 17.4 Å². The Hall–Kier alpha value is -3.59. The van der Waals surface area contributed by atoms with Crippen LogP contribution in [-0.2, 0) is 4.79 Å². The zero-order valence-electron chi connectivity index (χ0n) is 15.8. The third-order valence-corrected chi connectivity index (χ3v) is 5.18. The average molecular weight is 413 g/mol. The number of para-hydroxylation sites is 1. The van der Waals surface area contributed by atoms with E-state index in [4.69, 9.17) is 7.85 Å². The molecule has 0 spiro atoms. The number of carbonyl (C=O) groups is 1. The van der Waals surface area contributed by atoms with Gasteiger partial charge < -0.3 is 10.4 Å². The van der Waals surface area contributed by atoms with Gasteiger partial charge in [-0.15, -0.1) is 10.2 Å². The van der Waals surface area contributed by atoms with Gasteiger partial charge in [-0.05, 0) is 42.5 Å². The van der Waals surface area contributed by atoms with E-state index in [0.717, 1.165) is 11.3 Å². The number of thioether (sulfide) groups is 1. The number of pyridine rings is 1. The Balaban J connectivity index is 1.60. The SMILES string of the molecule is [B]c1ccccc1NC(=O)CSc1nnc(-c2ccncc2)n1-c1ccc(O)cc1. The van der Waals surface area contributed by atoms with Crippen LogP contribution in [0.5, 0.6) is 5.75 Å². The summed E-state index contributed by atoms with van der Waals surface area (Å²) >= 11 is 1.25. The Morgan fingerprint density at radius 2 is 1.77 bits per heavy atom. The molecular formula is C21H16BN5O2S. The van der Waals surface area contributed by atoms with E-state index >= 15 is 0 Å². The highest BCUT2D eigenvalue weighted by atomic mass is 32.2. The molecule has 0 aliphatic heterocycles. The summed E-state index contributed by atoms with van der Waals surface area (Å²) in [5.74, 6) is 0.689. The molecule has 9 heteroatoms. The van der Waals surface area contributed by atoms with E-state index in [0.29, 0.717) is 22.1 Å². The van der Waals surface area contributed by atoms with Crippen LogP contribution in [0.25, 0.3) is 17.1 Å². The molecule has 2 aromatic carbocycles. The van der Waals surface area contributed by atoms with Gasteiger partial charge in [0.2, 0.25) is 5.91 Å². The number of nitrogens with zero attached hydrogens (tertiary/aromatic N) is 4. The van der Waals surface area contributed by atoms with Gasteiger partial charge in [0.05, 0.1) is 5.75 Å². The highest BCUT2D eigenvalue weighted by Gasteiger charge is 2.17. The topological polar surface area (TPSA) is 92.9 Å². The molecule has 0 aliphatic rings. The molecular weight excluding hydrogens is 397 g/mol. The van der Waals surface area contributed by atoms with Crippen molar-refractivity contribution in [3.05, 3.63) is 73.1 Å². The highest BCUT2D eigenvalue weighted by molar-refractivity contribution is 7.99. The lowest BCUT2D eigenvalue weighted by atomic mass is 9.94. The van der Waals surface area contributed by atoms with Crippen LogP contribution in [0.15, 0.2) is 78.2 Å². The molecule has 146 valence electrons. The monoisotopic (exact) mass is 413 g/mol. The molecule has 0 bridgehead atoms. The van der Waals surface area contributed by atoms with E-state index in [1.165, 1.54) is 11.8 Å². The Morgan fingerprint density at radius 1 is 1.03 bits per heavy atom. The first kappa shape index (κ1) is 19.7. The maximum Gasteiger partial charge on any atom is 0.234 e. The normalized spacial score (nSPS) is 10.7. The predicted octanol–water partition coefficient (Wildman–Crippen LogP) is 2.56. The lowest BCUT2D eigenvalue weighted by Gasteiger charge is -2.11.